The van der Waals surface area contributed by atoms with E-state index in [-0.39, 0.29) is 5.82 Å². The summed E-state index contributed by atoms with van der Waals surface area (Å²) in [6, 6.07) is 6.57. The molecule has 0 radical (unpaired) electrons. The van der Waals surface area contributed by atoms with Crippen molar-refractivity contribution < 1.29 is 4.39 Å². The van der Waals surface area contributed by atoms with Crippen LogP contribution in [-0.2, 0) is 0 Å². The normalized spacial score (nSPS) is 9.92. The van der Waals surface area contributed by atoms with Gasteiger partial charge in [0.05, 0.1) is 0 Å². The van der Waals surface area contributed by atoms with Crippen molar-refractivity contribution in [1.82, 2.24) is 0 Å². The number of rotatable bonds is 3. The fraction of sp³-hybridized carbons (Fsp3) is 0.400. The molecule has 0 bridgehead atoms. The van der Waals surface area contributed by atoms with Crippen LogP contribution >= 0.6 is 0 Å². The molecule has 0 amide bonds. The van der Waals surface area contributed by atoms with Gasteiger partial charge in [0.1, 0.15) is 5.82 Å². The Labute approximate surface area is 72.8 Å². The van der Waals surface area contributed by atoms with Gasteiger partial charge in [-0.25, -0.2) is 4.39 Å². The van der Waals surface area contributed by atoms with Crippen LogP contribution in [0.5, 0.6) is 0 Å². The van der Waals surface area contributed by atoms with E-state index < -0.39 is 0 Å². The number of nitrogens with zero attached hydrogens (tertiary/aromatic N) is 1. The maximum atomic E-state index is 12.5. The largest absolute Gasteiger partial charge is 0.375 e. The summed E-state index contributed by atoms with van der Waals surface area (Å²) < 4.78 is 12.5. The van der Waals surface area contributed by atoms with Crippen molar-refractivity contribution >= 4 is 5.69 Å². The average molecular weight is 167 g/mol. The molecule has 1 aromatic carbocycles. The molecular formula is C10H14FN. The van der Waals surface area contributed by atoms with Crippen molar-refractivity contribution in [3.05, 3.63) is 30.1 Å². The number of halogens is 1. The van der Waals surface area contributed by atoms with Crippen LogP contribution in [0.2, 0.25) is 0 Å². The molecule has 0 aliphatic carbocycles. The van der Waals surface area contributed by atoms with Crippen molar-refractivity contribution in [2.24, 2.45) is 0 Å². The van der Waals surface area contributed by atoms with E-state index in [9.17, 15) is 4.39 Å². The zero-order valence-corrected chi connectivity index (χ0v) is 7.55. The molecule has 0 aromatic heterocycles. The van der Waals surface area contributed by atoms with Crippen LogP contribution in [0.4, 0.5) is 10.1 Å². The molecule has 0 aliphatic rings. The number of hydrogen-bond acceptors (Lipinski definition) is 1. The van der Waals surface area contributed by atoms with Crippen molar-refractivity contribution in [2.75, 3.05) is 18.5 Å². The van der Waals surface area contributed by atoms with Gasteiger partial charge >= 0.3 is 0 Å². The Hall–Kier alpha value is -1.05. The van der Waals surface area contributed by atoms with Gasteiger partial charge in [-0.15, -0.1) is 0 Å². The fourth-order valence-corrected chi connectivity index (χ4v) is 1.16. The van der Waals surface area contributed by atoms with Crippen molar-refractivity contribution in [3.8, 4) is 0 Å². The van der Waals surface area contributed by atoms with E-state index in [1.54, 1.807) is 12.1 Å². The Morgan fingerprint density at radius 3 is 2.33 bits per heavy atom. The molecule has 0 unspecified atom stereocenters. The molecule has 0 aliphatic heterocycles. The van der Waals surface area contributed by atoms with Crippen LogP contribution in [0.25, 0.3) is 0 Å². The van der Waals surface area contributed by atoms with Crippen LogP contribution in [-0.4, -0.2) is 13.6 Å². The smallest absolute Gasteiger partial charge is 0.123 e. The van der Waals surface area contributed by atoms with Gasteiger partial charge in [0.2, 0.25) is 0 Å². The Morgan fingerprint density at radius 2 is 1.83 bits per heavy atom. The van der Waals surface area contributed by atoms with Crippen LogP contribution in [0.1, 0.15) is 13.3 Å². The highest BCUT2D eigenvalue weighted by Crippen LogP contribution is 2.12. The number of anilines is 1. The lowest BCUT2D eigenvalue weighted by molar-refractivity contribution is 0.627. The second kappa shape index (κ2) is 4.10. The summed E-state index contributed by atoms with van der Waals surface area (Å²) in [5, 5.41) is 0. The van der Waals surface area contributed by atoms with Crippen molar-refractivity contribution in [1.29, 1.82) is 0 Å². The molecule has 1 nitrogen and oxygen atoms in total. The molecule has 0 heterocycles. The lowest BCUT2D eigenvalue weighted by Gasteiger charge is -2.17. The highest BCUT2D eigenvalue weighted by atomic mass is 19.1. The van der Waals surface area contributed by atoms with E-state index in [0.29, 0.717) is 0 Å². The highest BCUT2D eigenvalue weighted by molar-refractivity contribution is 5.45. The maximum Gasteiger partial charge on any atom is 0.123 e. The molecular weight excluding hydrogens is 153 g/mol. The Bertz CT molecular complexity index is 230. The predicted molar refractivity (Wildman–Crippen MR) is 50.0 cm³/mol. The van der Waals surface area contributed by atoms with Crippen LogP contribution in [0.3, 0.4) is 0 Å². The minimum absolute atomic E-state index is 0.177. The zero-order valence-electron chi connectivity index (χ0n) is 7.55. The molecule has 1 aromatic rings. The van der Waals surface area contributed by atoms with Gasteiger partial charge in [-0.1, -0.05) is 6.92 Å². The van der Waals surface area contributed by atoms with E-state index in [4.69, 9.17) is 0 Å². The summed E-state index contributed by atoms with van der Waals surface area (Å²) in [7, 11) is 2.01. The van der Waals surface area contributed by atoms with Crippen molar-refractivity contribution in [3.63, 3.8) is 0 Å². The second-order valence-electron chi connectivity index (χ2n) is 2.90. The topological polar surface area (TPSA) is 3.24 Å². The summed E-state index contributed by atoms with van der Waals surface area (Å²) in [6.45, 7) is 3.13. The standard InChI is InChI=1S/C10H14FN/c1-3-8-12(2)10-6-4-9(11)5-7-10/h4-7H,3,8H2,1-2H3. The lowest BCUT2D eigenvalue weighted by Crippen LogP contribution is -2.17. The van der Waals surface area contributed by atoms with E-state index in [2.05, 4.69) is 11.8 Å². The number of benzene rings is 1. The molecule has 66 valence electrons. The Balaban J connectivity index is 2.68. The van der Waals surface area contributed by atoms with Gasteiger partial charge < -0.3 is 4.90 Å². The molecule has 2 heteroatoms. The quantitative estimate of drug-likeness (QED) is 0.669. The Morgan fingerprint density at radius 1 is 1.25 bits per heavy atom. The van der Waals surface area contributed by atoms with Gasteiger partial charge in [-0.05, 0) is 30.7 Å². The molecule has 1 rings (SSSR count). The van der Waals surface area contributed by atoms with E-state index in [1.807, 2.05) is 7.05 Å². The maximum absolute atomic E-state index is 12.5. The first kappa shape index (κ1) is 9.04. The van der Waals surface area contributed by atoms with Gasteiger partial charge in [0, 0.05) is 19.3 Å². The first-order valence-corrected chi connectivity index (χ1v) is 4.20. The van der Waals surface area contributed by atoms with E-state index >= 15 is 0 Å². The minimum atomic E-state index is -0.177. The molecule has 0 saturated heterocycles. The summed E-state index contributed by atoms with van der Waals surface area (Å²) in [5.41, 5.74) is 1.07. The Kier molecular flexibility index (Phi) is 3.09. The number of hydrogen-bond donors (Lipinski definition) is 0. The third kappa shape index (κ3) is 2.22. The van der Waals surface area contributed by atoms with Crippen LogP contribution < -0.4 is 4.90 Å². The SMILES string of the molecule is CCCN(C)c1ccc(F)cc1. The molecule has 0 fully saturated rings. The monoisotopic (exact) mass is 167 g/mol. The van der Waals surface area contributed by atoms with E-state index in [1.165, 1.54) is 12.1 Å². The predicted octanol–water partition coefficient (Wildman–Crippen LogP) is 2.67. The van der Waals surface area contributed by atoms with Crippen molar-refractivity contribution in [2.45, 2.75) is 13.3 Å². The first-order chi connectivity index (χ1) is 5.74. The van der Waals surface area contributed by atoms with E-state index in [0.717, 1.165) is 18.7 Å². The van der Waals surface area contributed by atoms with Gasteiger partial charge in [0.15, 0.2) is 0 Å². The third-order valence-corrected chi connectivity index (χ3v) is 1.83. The highest BCUT2D eigenvalue weighted by Gasteiger charge is 1.97. The molecule has 0 atom stereocenters. The summed E-state index contributed by atoms with van der Waals surface area (Å²) in [4.78, 5) is 2.11. The summed E-state index contributed by atoms with van der Waals surface area (Å²) >= 11 is 0. The zero-order chi connectivity index (χ0) is 8.97. The minimum Gasteiger partial charge on any atom is -0.375 e. The third-order valence-electron chi connectivity index (χ3n) is 1.83. The summed E-state index contributed by atoms with van der Waals surface area (Å²) in [6.07, 6.45) is 1.11. The molecule has 0 saturated carbocycles. The van der Waals surface area contributed by atoms with Gasteiger partial charge in [-0.2, -0.15) is 0 Å². The summed E-state index contributed by atoms with van der Waals surface area (Å²) in [5.74, 6) is -0.177. The van der Waals surface area contributed by atoms with Crippen LogP contribution in [0, 0.1) is 5.82 Å². The van der Waals surface area contributed by atoms with Gasteiger partial charge in [0.25, 0.3) is 0 Å². The first-order valence-electron chi connectivity index (χ1n) is 4.20. The fourth-order valence-electron chi connectivity index (χ4n) is 1.16. The molecule has 0 N–H and O–H groups in total. The molecule has 0 spiro atoms. The second-order valence-corrected chi connectivity index (χ2v) is 2.90. The van der Waals surface area contributed by atoms with Crippen LogP contribution in [0.15, 0.2) is 24.3 Å². The van der Waals surface area contributed by atoms with Gasteiger partial charge in [-0.3, -0.25) is 0 Å². The lowest BCUT2D eigenvalue weighted by atomic mass is 10.3. The average Bonchev–Trinajstić information content (AvgIpc) is 2.06. The molecule has 12 heavy (non-hydrogen) atoms.